The van der Waals surface area contributed by atoms with Crippen molar-refractivity contribution in [2.45, 2.75) is 40.5 Å². The number of carbonyl (C=O) groups excluding carboxylic acids is 2. The number of hydrogen-bond acceptors (Lipinski definition) is 2. The van der Waals surface area contributed by atoms with Crippen molar-refractivity contribution in [3.8, 4) is 0 Å². The maximum atomic E-state index is 9.81. The van der Waals surface area contributed by atoms with Crippen LogP contribution in [0.25, 0.3) is 0 Å². The van der Waals surface area contributed by atoms with Gasteiger partial charge in [0.05, 0.1) is 0 Å². The second-order valence-electron chi connectivity index (χ2n) is 2.11. The van der Waals surface area contributed by atoms with E-state index in [-0.39, 0.29) is 17.0 Å². The van der Waals surface area contributed by atoms with Gasteiger partial charge in [0.15, 0.2) is 0 Å². The van der Waals surface area contributed by atoms with Crippen molar-refractivity contribution < 1.29 is 15.1 Å². The lowest BCUT2D eigenvalue weighted by Crippen LogP contribution is -1.80. The molecule has 0 aliphatic heterocycles. The van der Waals surface area contributed by atoms with E-state index in [0.717, 1.165) is 0 Å². The highest BCUT2D eigenvalue weighted by Gasteiger charge is 1.77. The molecule has 0 atom stereocenters. The first kappa shape index (κ1) is 16.7. The van der Waals surface area contributed by atoms with Gasteiger partial charge in [0.2, 0.25) is 0 Å². The summed E-state index contributed by atoms with van der Waals surface area (Å²) < 4.78 is 0. The van der Waals surface area contributed by atoms with Crippen molar-refractivity contribution in [3.05, 3.63) is 0 Å². The molecule has 0 amide bonds. The fourth-order valence-corrected chi connectivity index (χ4v) is 0. The summed E-state index contributed by atoms with van der Waals surface area (Å²) in [7, 11) is 0. The number of ketones is 2. The predicted molar refractivity (Wildman–Crippen MR) is 45.6 cm³/mol. The van der Waals surface area contributed by atoms with E-state index in [1.54, 1.807) is 13.8 Å². The Bertz CT molecular complexity index is 93.9. The molecule has 0 rings (SSSR count). The van der Waals surface area contributed by atoms with Crippen molar-refractivity contribution in [1.82, 2.24) is 0 Å². The molecule has 0 fully saturated rings. The van der Waals surface area contributed by atoms with Crippen LogP contribution in [0.1, 0.15) is 40.5 Å². The third-order valence-electron chi connectivity index (χ3n) is 0.996. The average Bonchev–Trinajstić information content (AvgIpc) is 1.89. The summed E-state index contributed by atoms with van der Waals surface area (Å²) >= 11 is 0. The molecule has 3 nitrogen and oxygen atoms in total. The van der Waals surface area contributed by atoms with E-state index in [9.17, 15) is 9.59 Å². The maximum absolute atomic E-state index is 9.81. The minimum absolute atomic E-state index is 0. The summed E-state index contributed by atoms with van der Waals surface area (Å²) in [5.74, 6) is 0.509. The van der Waals surface area contributed by atoms with Crippen LogP contribution in [0, 0.1) is 0 Å². The number of carbonyl (C=O) groups is 2. The number of Topliss-reactive ketones (excluding diaryl/α,β-unsaturated/α-hetero) is 2. The molecule has 3 heteroatoms. The van der Waals surface area contributed by atoms with Gasteiger partial charge in [-0.05, 0) is 13.8 Å². The second kappa shape index (κ2) is 12.0. The van der Waals surface area contributed by atoms with Gasteiger partial charge >= 0.3 is 0 Å². The maximum Gasteiger partial charge on any atom is 0.129 e. The molecule has 0 saturated heterocycles. The summed E-state index contributed by atoms with van der Waals surface area (Å²) in [6.45, 7) is 6.87. The molecule has 0 aliphatic carbocycles. The van der Waals surface area contributed by atoms with Gasteiger partial charge in [0.25, 0.3) is 0 Å². The molecular formula is C8H18O3. The van der Waals surface area contributed by atoms with Gasteiger partial charge in [-0.25, -0.2) is 0 Å². The molecule has 0 aromatic carbocycles. The van der Waals surface area contributed by atoms with Crippen LogP contribution in [0.4, 0.5) is 0 Å². The van der Waals surface area contributed by atoms with E-state index in [1.165, 1.54) is 0 Å². The lowest BCUT2D eigenvalue weighted by atomic mass is 10.4. The summed E-state index contributed by atoms with van der Waals surface area (Å²) in [4.78, 5) is 19.6. The normalized spacial score (nSPS) is 6.91. The van der Waals surface area contributed by atoms with Crippen LogP contribution < -0.4 is 0 Å². The SMILES string of the molecule is CCC(C)=O.CCC(C)=O.O. The summed E-state index contributed by atoms with van der Waals surface area (Å²) in [5, 5.41) is 0. The highest BCUT2D eigenvalue weighted by atomic mass is 16.1. The molecule has 0 unspecified atom stereocenters. The van der Waals surface area contributed by atoms with Crippen molar-refractivity contribution in [3.63, 3.8) is 0 Å². The van der Waals surface area contributed by atoms with Gasteiger partial charge in [-0.15, -0.1) is 0 Å². The zero-order chi connectivity index (χ0) is 8.57. The Hall–Kier alpha value is -0.700. The summed E-state index contributed by atoms with van der Waals surface area (Å²) in [5.41, 5.74) is 0. The molecule has 0 saturated carbocycles. The molecule has 0 aromatic rings. The highest BCUT2D eigenvalue weighted by molar-refractivity contribution is 5.75. The summed E-state index contributed by atoms with van der Waals surface area (Å²) in [6.07, 6.45) is 1.33. The standard InChI is InChI=1S/2C4H8O.H2O/c2*1-3-4(2)5;/h2*3H2,1-2H3;1H2. The van der Waals surface area contributed by atoms with Gasteiger partial charge in [0.1, 0.15) is 11.6 Å². The average molecular weight is 162 g/mol. The Morgan fingerprint density at radius 3 is 1.00 bits per heavy atom. The Morgan fingerprint density at radius 2 is 1.00 bits per heavy atom. The molecule has 0 heterocycles. The van der Waals surface area contributed by atoms with E-state index in [0.29, 0.717) is 12.8 Å². The first-order valence-corrected chi connectivity index (χ1v) is 3.53. The molecule has 0 bridgehead atoms. The van der Waals surface area contributed by atoms with E-state index < -0.39 is 0 Å². The van der Waals surface area contributed by atoms with E-state index in [1.807, 2.05) is 13.8 Å². The van der Waals surface area contributed by atoms with Gasteiger partial charge in [-0.2, -0.15) is 0 Å². The molecule has 0 aliphatic rings. The van der Waals surface area contributed by atoms with Gasteiger partial charge < -0.3 is 15.1 Å². The van der Waals surface area contributed by atoms with Crippen LogP contribution in [-0.4, -0.2) is 17.0 Å². The van der Waals surface area contributed by atoms with Crippen molar-refractivity contribution in [2.24, 2.45) is 0 Å². The van der Waals surface area contributed by atoms with Crippen molar-refractivity contribution >= 4 is 11.6 Å². The molecule has 0 radical (unpaired) electrons. The van der Waals surface area contributed by atoms with Crippen LogP contribution in [0.15, 0.2) is 0 Å². The zero-order valence-corrected chi connectivity index (χ0v) is 7.73. The van der Waals surface area contributed by atoms with E-state index >= 15 is 0 Å². The molecule has 0 aromatic heterocycles. The Labute approximate surface area is 68.1 Å². The fraction of sp³-hybridized carbons (Fsp3) is 0.750. The lowest BCUT2D eigenvalue weighted by Gasteiger charge is -1.71. The van der Waals surface area contributed by atoms with Crippen LogP contribution in [-0.2, 0) is 9.59 Å². The van der Waals surface area contributed by atoms with Crippen molar-refractivity contribution in [2.75, 3.05) is 0 Å². The Balaban J connectivity index is -0.000000107. The molecule has 0 spiro atoms. The topological polar surface area (TPSA) is 65.6 Å². The third-order valence-corrected chi connectivity index (χ3v) is 0.996. The first-order chi connectivity index (χ1) is 4.54. The van der Waals surface area contributed by atoms with E-state index in [4.69, 9.17) is 0 Å². The van der Waals surface area contributed by atoms with Gasteiger partial charge in [0, 0.05) is 12.8 Å². The fourth-order valence-electron chi connectivity index (χ4n) is 0. The zero-order valence-electron chi connectivity index (χ0n) is 7.73. The quantitative estimate of drug-likeness (QED) is 0.611. The minimum atomic E-state index is 0. The second-order valence-corrected chi connectivity index (χ2v) is 2.11. The molecule has 68 valence electrons. The molecule has 11 heavy (non-hydrogen) atoms. The number of hydrogen-bond donors (Lipinski definition) is 0. The predicted octanol–water partition coefficient (Wildman–Crippen LogP) is 1.15. The third kappa shape index (κ3) is 45.5. The van der Waals surface area contributed by atoms with Gasteiger partial charge in [-0.1, -0.05) is 13.8 Å². The van der Waals surface area contributed by atoms with Crippen LogP contribution in [0.5, 0.6) is 0 Å². The highest BCUT2D eigenvalue weighted by Crippen LogP contribution is 1.72. The monoisotopic (exact) mass is 162 g/mol. The smallest absolute Gasteiger partial charge is 0.129 e. The largest absolute Gasteiger partial charge is 0.412 e. The Morgan fingerprint density at radius 1 is 0.909 bits per heavy atom. The van der Waals surface area contributed by atoms with Crippen LogP contribution in [0.3, 0.4) is 0 Å². The Kier molecular flexibility index (Phi) is 18.3. The van der Waals surface area contributed by atoms with Crippen molar-refractivity contribution in [1.29, 1.82) is 0 Å². The van der Waals surface area contributed by atoms with E-state index in [2.05, 4.69) is 0 Å². The molecule has 2 N–H and O–H groups in total. The first-order valence-electron chi connectivity index (χ1n) is 3.53. The minimum Gasteiger partial charge on any atom is -0.412 e. The lowest BCUT2D eigenvalue weighted by molar-refractivity contribution is -0.117. The number of rotatable bonds is 2. The van der Waals surface area contributed by atoms with Crippen LogP contribution in [0.2, 0.25) is 0 Å². The van der Waals surface area contributed by atoms with Crippen LogP contribution >= 0.6 is 0 Å². The van der Waals surface area contributed by atoms with Gasteiger partial charge in [-0.3, -0.25) is 0 Å². The molecular weight excluding hydrogens is 144 g/mol. The summed E-state index contributed by atoms with van der Waals surface area (Å²) in [6, 6.07) is 0.